The van der Waals surface area contributed by atoms with E-state index in [0.717, 1.165) is 17.6 Å². The lowest BCUT2D eigenvalue weighted by molar-refractivity contribution is 0.553. The zero-order valence-corrected chi connectivity index (χ0v) is 11.2. The summed E-state index contributed by atoms with van der Waals surface area (Å²) >= 11 is 5.69. The first-order valence-electron chi connectivity index (χ1n) is 6.01. The molecule has 0 saturated carbocycles. The molecule has 2 rings (SSSR count). The summed E-state index contributed by atoms with van der Waals surface area (Å²) in [6.07, 6.45) is 3.66. The summed E-state index contributed by atoms with van der Waals surface area (Å²) < 4.78 is 29.0. The van der Waals surface area contributed by atoms with Gasteiger partial charge < -0.3 is 5.32 Å². The van der Waals surface area contributed by atoms with Crippen LogP contribution in [0.25, 0.3) is 5.69 Å². The fourth-order valence-electron chi connectivity index (χ4n) is 1.77. The van der Waals surface area contributed by atoms with Crippen molar-refractivity contribution in [1.29, 1.82) is 0 Å². The number of hydrogen-bond acceptors (Lipinski definition) is 2. The molecule has 1 heterocycles. The molecule has 1 aromatic carbocycles. The summed E-state index contributed by atoms with van der Waals surface area (Å²) in [4.78, 5) is 0. The molecule has 0 spiro atoms. The van der Waals surface area contributed by atoms with E-state index in [-0.39, 0.29) is 5.69 Å². The third-order valence-electron chi connectivity index (χ3n) is 2.61. The number of benzene rings is 1. The van der Waals surface area contributed by atoms with Crippen LogP contribution in [0.2, 0.25) is 5.02 Å². The Balaban J connectivity index is 2.27. The molecule has 0 fully saturated rings. The topological polar surface area (TPSA) is 29.9 Å². The van der Waals surface area contributed by atoms with Crippen molar-refractivity contribution < 1.29 is 8.78 Å². The summed E-state index contributed by atoms with van der Waals surface area (Å²) in [5, 5.41) is 7.22. The van der Waals surface area contributed by atoms with Crippen LogP contribution < -0.4 is 5.32 Å². The third-order valence-corrected chi connectivity index (χ3v) is 2.81. The van der Waals surface area contributed by atoms with Crippen LogP contribution in [0.1, 0.15) is 18.9 Å². The lowest BCUT2D eigenvalue weighted by Gasteiger charge is -2.08. The van der Waals surface area contributed by atoms with E-state index >= 15 is 0 Å². The van der Waals surface area contributed by atoms with Crippen molar-refractivity contribution >= 4 is 11.6 Å². The SMILES string of the molecule is CCCNCc1cc(F)c(-n2cc(Cl)cn2)c(F)c1. The molecule has 3 nitrogen and oxygen atoms in total. The highest BCUT2D eigenvalue weighted by atomic mass is 35.5. The Morgan fingerprint density at radius 1 is 1.32 bits per heavy atom. The predicted molar refractivity (Wildman–Crippen MR) is 70.5 cm³/mol. The Morgan fingerprint density at radius 3 is 2.53 bits per heavy atom. The summed E-state index contributed by atoms with van der Waals surface area (Å²) in [5.41, 5.74) is 0.344. The molecule has 0 aliphatic heterocycles. The molecule has 0 radical (unpaired) electrons. The number of nitrogens with zero attached hydrogens (tertiary/aromatic N) is 2. The first-order valence-corrected chi connectivity index (χ1v) is 6.38. The smallest absolute Gasteiger partial charge is 0.152 e. The largest absolute Gasteiger partial charge is 0.313 e. The van der Waals surface area contributed by atoms with E-state index in [1.807, 2.05) is 6.92 Å². The fraction of sp³-hybridized carbons (Fsp3) is 0.308. The maximum atomic E-state index is 13.9. The zero-order valence-electron chi connectivity index (χ0n) is 10.5. The van der Waals surface area contributed by atoms with Gasteiger partial charge in [0, 0.05) is 12.7 Å². The molecule has 0 amide bonds. The minimum absolute atomic E-state index is 0.217. The quantitative estimate of drug-likeness (QED) is 0.854. The first-order chi connectivity index (χ1) is 9.11. The van der Waals surface area contributed by atoms with Gasteiger partial charge in [-0.15, -0.1) is 0 Å². The van der Waals surface area contributed by atoms with Gasteiger partial charge in [0.25, 0.3) is 0 Å². The van der Waals surface area contributed by atoms with Gasteiger partial charge in [-0.25, -0.2) is 13.5 Å². The Hall–Kier alpha value is -1.46. The number of aromatic nitrogens is 2. The molecule has 0 saturated heterocycles. The van der Waals surface area contributed by atoms with Crippen molar-refractivity contribution in [2.75, 3.05) is 6.54 Å². The molecular weight excluding hydrogens is 272 g/mol. The van der Waals surface area contributed by atoms with Gasteiger partial charge in [-0.3, -0.25) is 0 Å². The molecule has 0 unspecified atom stereocenters. The Labute approximate surface area is 115 Å². The minimum Gasteiger partial charge on any atom is -0.313 e. The normalized spacial score (nSPS) is 10.9. The van der Waals surface area contributed by atoms with Crippen LogP contribution >= 0.6 is 11.6 Å². The molecule has 6 heteroatoms. The van der Waals surface area contributed by atoms with Crippen LogP contribution in [0.4, 0.5) is 8.78 Å². The van der Waals surface area contributed by atoms with Crippen LogP contribution in [-0.2, 0) is 6.54 Å². The molecule has 102 valence electrons. The van der Waals surface area contributed by atoms with E-state index in [1.54, 1.807) is 0 Å². The van der Waals surface area contributed by atoms with Gasteiger partial charge in [0.1, 0.15) is 5.69 Å². The van der Waals surface area contributed by atoms with Crippen LogP contribution in [0.15, 0.2) is 24.5 Å². The molecule has 0 aliphatic carbocycles. The maximum absolute atomic E-state index is 13.9. The Bertz CT molecular complexity index is 546. The van der Waals surface area contributed by atoms with Crippen LogP contribution in [0.3, 0.4) is 0 Å². The lowest BCUT2D eigenvalue weighted by atomic mass is 10.2. The highest BCUT2D eigenvalue weighted by Crippen LogP contribution is 2.20. The first kappa shape index (κ1) is 14.0. The number of nitrogens with one attached hydrogen (secondary N) is 1. The number of hydrogen-bond donors (Lipinski definition) is 1. The second-order valence-corrected chi connectivity index (χ2v) is 4.62. The zero-order chi connectivity index (χ0) is 13.8. The van der Waals surface area contributed by atoms with Crippen molar-refractivity contribution in [2.24, 2.45) is 0 Å². The van der Waals surface area contributed by atoms with Gasteiger partial charge in [0.15, 0.2) is 11.6 Å². The fourth-order valence-corrected chi connectivity index (χ4v) is 1.91. The second kappa shape index (κ2) is 6.12. The summed E-state index contributed by atoms with van der Waals surface area (Å²) in [6, 6.07) is 2.60. The summed E-state index contributed by atoms with van der Waals surface area (Å²) in [5.74, 6) is -1.32. The molecule has 2 aromatic rings. The molecule has 0 aliphatic rings. The monoisotopic (exact) mass is 285 g/mol. The molecule has 19 heavy (non-hydrogen) atoms. The standard InChI is InChI=1S/C13H14ClF2N3/c1-2-3-17-6-9-4-11(15)13(12(16)5-9)19-8-10(14)7-18-19/h4-5,7-8,17H,2-3,6H2,1H3. The van der Waals surface area contributed by atoms with Crippen LogP contribution in [-0.4, -0.2) is 16.3 Å². The molecule has 0 atom stereocenters. The van der Waals surface area contributed by atoms with Crippen LogP contribution in [0, 0.1) is 11.6 Å². The van der Waals surface area contributed by atoms with E-state index in [2.05, 4.69) is 10.4 Å². The van der Waals surface area contributed by atoms with Gasteiger partial charge in [-0.2, -0.15) is 5.10 Å². The van der Waals surface area contributed by atoms with Crippen molar-refractivity contribution in [3.63, 3.8) is 0 Å². The van der Waals surface area contributed by atoms with Crippen molar-refractivity contribution in [1.82, 2.24) is 15.1 Å². The third kappa shape index (κ3) is 3.30. The van der Waals surface area contributed by atoms with E-state index in [0.29, 0.717) is 17.1 Å². The van der Waals surface area contributed by atoms with E-state index in [9.17, 15) is 8.78 Å². The molecule has 0 bridgehead atoms. The lowest BCUT2D eigenvalue weighted by Crippen LogP contribution is -2.14. The molecule has 1 N–H and O–H groups in total. The van der Waals surface area contributed by atoms with E-state index < -0.39 is 11.6 Å². The van der Waals surface area contributed by atoms with Gasteiger partial charge in [-0.05, 0) is 30.7 Å². The Morgan fingerprint density at radius 2 is 2.00 bits per heavy atom. The van der Waals surface area contributed by atoms with Crippen molar-refractivity contribution in [2.45, 2.75) is 19.9 Å². The maximum Gasteiger partial charge on any atom is 0.152 e. The van der Waals surface area contributed by atoms with Crippen molar-refractivity contribution in [3.8, 4) is 5.69 Å². The van der Waals surface area contributed by atoms with Gasteiger partial charge in [0.05, 0.1) is 11.2 Å². The molecular formula is C13H14ClF2N3. The van der Waals surface area contributed by atoms with Crippen LogP contribution in [0.5, 0.6) is 0 Å². The van der Waals surface area contributed by atoms with Gasteiger partial charge in [-0.1, -0.05) is 18.5 Å². The highest BCUT2D eigenvalue weighted by Gasteiger charge is 2.14. The Kier molecular flexibility index (Phi) is 4.50. The average molecular weight is 286 g/mol. The minimum atomic E-state index is -0.659. The highest BCUT2D eigenvalue weighted by molar-refractivity contribution is 6.30. The summed E-state index contributed by atoms with van der Waals surface area (Å²) in [7, 11) is 0. The molecule has 1 aromatic heterocycles. The van der Waals surface area contributed by atoms with Gasteiger partial charge >= 0.3 is 0 Å². The van der Waals surface area contributed by atoms with Gasteiger partial charge in [0.2, 0.25) is 0 Å². The number of halogens is 3. The average Bonchev–Trinajstić information content (AvgIpc) is 2.75. The second-order valence-electron chi connectivity index (χ2n) is 4.19. The van der Waals surface area contributed by atoms with E-state index in [1.165, 1.54) is 24.5 Å². The van der Waals surface area contributed by atoms with E-state index in [4.69, 9.17) is 11.6 Å². The number of rotatable bonds is 5. The predicted octanol–water partition coefficient (Wildman–Crippen LogP) is 3.30. The van der Waals surface area contributed by atoms with Crippen molar-refractivity contribution in [3.05, 3.63) is 46.7 Å². The summed E-state index contributed by atoms with van der Waals surface area (Å²) in [6.45, 7) is 3.26.